The molecule has 0 heterocycles. The van der Waals surface area contributed by atoms with Crippen molar-refractivity contribution in [1.82, 2.24) is 0 Å². The Morgan fingerprint density at radius 1 is 0.667 bits per heavy atom. The number of methoxy groups -OCH3 is 2. The fourth-order valence-electron chi connectivity index (χ4n) is 2.87. The van der Waals surface area contributed by atoms with E-state index in [9.17, 15) is 4.39 Å². The quantitative estimate of drug-likeness (QED) is 0.387. The number of halogens is 1. The number of hydrogen-bond acceptors (Lipinski definition) is 3. The largest absolute Gasteiger partial charge is 0.497 e. The Morgan fingerprint density at radius 3 is 1.70 bits per heavy atom. The van der Waals surface area contributed by atoms with E-state index in [1.54, 1.807) is 14.2 Å². The summed E-state index contributed by atoms with van der Waals surface area (Å²) in [6, 6.07) is 21.5. The van der Waals surface area contributed by atoms with Gasteiger partial charge in [0.2, 0.25) is 0 Å². The molecule has 0 bridgehead atoms. The van der Waals surface area contributed by atoms with Crippen LogP contribution < -0.4 is 14.2 Å². The van der Waals surface area contributed by atoms with Crippen LogP contribution in [-0.2, 0) is 0 Å². The molecule has 0 radical (unpaired) electrons. The van der Waals surface area contributed by atoms with E-state index in [-0.39, 0.29) is 6.61 Å². The van der Waals surface area contributed by atoms with Crippen molar-refractivity contribution in [1.29, 1.82) is 0 Å². The molecule has 0 saturated heterocycles. The Bertz CT molecular complexity index is 990. The summed E-state index contributed by atoms with van der Waals surface area (Å²) in [4.78, 5) is 0. The van der Waals surface area contributed by atoms with Crippen LogP contribution in [0.1, 0.15) is 22.3 Å². The molecule has 0 aliphatic carbocycles. The van der Waals surface area contributed by atoms with Crippen molar-refractivity contribution in [2.75, 3.05) is 27.5 Å². The zero-order valence-corrected chi connectivity index (χ0v) is 17.2. The lowest BCUT2D eigenvalue weighted by atomic mass is 10.1. The van der Waals surface area contributed by atoms with Gasteiger partial charge >= 0.3 is 0 Å². The maximum atomic E-state index is 12.7. The van der Waals surface area contributed by atoms with Gasteiger partial charge < -0.3 is 14.2 Å². The van der Waals surface area contributed by atoms with Gasteiger partial charge in [-0.25, -0.2) is 4.39 Å². The number of hydrogen-bond donors (Lipinski definition) is 0. The van der Waals surface area contributed by atoms with E-state index in [1.807, 2.05) is 91.0 Å². The summed E-state index contributed by atoms with van der Waals surface area (Å²) >= 11 is 0. The molecule has 0 fully saturated rings. The maximum absolute atomic E-state index is 12.7. The predicted octanol–water partition coefficient (Wildman–Crippen LogP) is 6.39. The van der Waals surface area contributed by atoms with Crippen LogP contribution >= 0.6 is 0 Å². The molecule has 0 aliphatic rings. The average Bonchev–Trinajstić information content (AvgIpc) is 2.81. The molecular weight excluding hydrogens is 379 g/mol. The van der Waals surface area contributed by atoms with Crippen LogP contribution in [0.15, 0.2) is 66.7 Å². The molecule has 30 heavy (non-hydrogen) atoms. The topological polar surface area (TPSA) is 27.7 Å². The molecule has 3 nitrogen and oxygen atoms in total. The Hall–Kier alpha value is -3.53. The summed E-state index contributed by atoms with van der Waals surface area (Å²) < 4.78 is 28.7. The Labute approximate surface area is 177 Å². The summed E-state index contributed by atoms with van der Waals surface area (Å²) in [6.07, 6.45) is 7.97. The Balaban J connectivity index is 1.79. The zero-order valence-electron chi connectivity index (χ0n) is 17.2. The SMILES string of the molecule is COc1ccc(C=Cc2ccc(C=Cc3ccc(OC)cc3)c(OCCF)c2)cc1. The second kappa shape index (κ2) is 10.9. The maximum Gasteiger partial charge on any atom is 0.127 e. The van der Waals surface area contributed by atoms with Gasteiger partial charge in [-0.2, -0.15) is 0 Å². The number of alkyl halides is 1. The highest BCUT2D eigenvalue weighted by Crippen LogP contribution is 2.25. The van der Waals surface area contributed by atoms with Crippen LogP contribution in [0.2, 0.25) is 0 Å². The molecule has 4 heteroatoms. The fourth-order valence-corrected chi connectivity index (χ4v) is 2.87. The average molecular weight is 404 g/mol. The van der Waals surface area contributed by atoms with Gasteiger partial charge in [0, 0.05) is 5.56 Å². The fraction of sp³-hybridized carbons (Fsp3) is 0.154. The van der Waals surface area contributed by atoms with Gasteiger partial charge in [0.25, 0.3) is 0 Å². The first kappa shape index (κ1) is 21.2. The number of rotatable bonds is 9. The highest BCUT2D eigenvalue weighted by Gasteiger charge is 2.03. The smallest absolute Gasteiger partial charge is 0.127 e. The van der Waals surface area contributed by atoms with E-state index in [1.165, 1.54) is 0 Å². The van der Waals surface area contributed by atoms with E-state index >= 15 is 0 Å². The highest BCUT2D eigenvalue weighted by atomic mass is 19.1. The van der Waals surface area contributed by atoms with Gasteiger partial charge in [-0.15, -0.1) is 0 Å². The number of benzene rings is 3. The molecule has 0 spiro atoms. The van der Waals surface area contributed by atoms with Gasteiger partial charge in [0.15, 0.2) is 0 Å². The zero-order chi connectivity index (χ0) is 21.2. The lowest BCUT2D eigenvalue weighted by Crippen LogP contribution is -2.00. The van der Waals surface area contributed by atoms with Crippen molar-refractivity contribution in [3.63, 3.8) is 0 Å². The van der Waals surface area contributed by atoms with E-state index < -0.39 is 6.67 Å². The summed E-state index contributed by atoms with van der Waals surface area (Å²) in [6.45, 7) is -0.511. The molecule has 0 unspecified atom stereocenters. The minimum atomic E-state index is -0.534. The summed E-state index contributed by atoms with van der Waals surface area (Å²) in [7, 11) is 3.29. The minimum Gasteiger partial charge on any atom is -0.497 e. The van der Waals surface area contributed by atoms with Crippen molar-refractivity contribution in [3.8, 4) is 17.2 Å². The molecule has 0 aromatic heterocycles. The Morgan fingerprint density at radius 2 is 1.17 bits per heavy atom. The van der Waals surface area contributed by atoms with Crippen LogP contribution in [0, 0.1) is 0 Å². The molecule has 0 atom stereocenters. The summed E-state index contributed by atoms with van der Waals surface area (Å²) in [5.41, 5.74) is 3.96. The summed E-state index contributed by atoms with van der Waals surface area (Å²) in [5, 5.41) is 0. The molecule has 3 aromatic carbocycles. The van der Waals surface area contributed by atoms with Crippen LogP contribution in [0.4, 0.5) is 4.39 Å². The van der Waals surface area contributed by atoms with Gasteiger partial charge in [0.1, 0.15) is 30.5 Å². The molecule has 0 aliphatic heterocycles. The van der Waals surface area contributed by atoms with Crippen molar-refractivity contribution in [2.45, 2.75) is 0 Å². The molecule has 0 N–H and O–H groups in total. The van der Waals surface area contributed by atoms with E-state index in [0.717, 1.165) is 33.8 Å². The van der Waals surface area contributed by atoms with Gasteiger partial charge in [-0.3, -0.25) is 0 Å². The van der Waals surface area contributed by atoms with Gasteiger partial charge in [-0.1, -0.05) is 60.7 Å². The third-order valence-corrected chi connectivity index (χ3v) is 4.53. The first-order valence-electron chi connectivity index (χ1n) is 9.69. The van der Waals surface area contributed by atoms with Crippen LogP contribution in [-0.4, -0.2) is 27.5 Å². The third kappa shape index (κ3) is 5.98. The molecule has 3 rings (SSSR count). The van der Waals surface area contributed by atoms with Crippen LogP contribution in [0.25, 0.3) is 24.3 Å². The van der Waals surface area contributed by atoms with Gasteiger partial charge in [0.05, 0.1) is 14.2 Å². The monoisotopic (exact) mass is 404 g/mol. The van der Waals surface area contributed by atoms with Crippen molar-refractivity contribution in [3.05, 3.63) is 89.0 Å². The highest BCUT2D eigenvalue weighted by molar-refractivity contribution is 5.76. The minimum absolute atomic E-state index is 0.0228. The molecule has 3 aromatic rings. The van der Waals surface area contributed by atoms with Crippen molar-refractivity contribution < 1.29 is 18.6 Å². The predicted molar refractivity (Wildman–Crippen MR) is 122 cm³/mol. The first-order valence-corrected chi connectivity index (χ1v) is 9.69. The van der Waals surface area contributed by atoms with Crippen LogP contribution in [0.5, 0.6) is 17.2 Å². The standard InChI is InChI=1S/C26H25FO3/c1-28-24-13-7-20(8-14-24)3-4-22-6-12-23(26(19-22)30-18-17-27)11-5-21-9-15-25(29-2)16-10-21/h3-16,19H,17-18H2,1-2H3. The third-order valence-electron chi connectivity index (χ3n) is 4.53. The number of ether oxygens (including phenoxy) is 3. The van der Waals surface area contributed by atoms with Crippen molar-refractivity contribution >= 4 is 24.3 Å². The lowest BCUT2D eigenvalue weighted by molar-refractivity contribution is 0.273. The molecule has 0 amide bonds. The molecule has 0 saturated carbocycles. The first-order chi connectivity index (χ1) is 14.7. The van der Waals surface area contributed by atoms with Gasteiger partial charge in [-0.05, 0) is 47.0 Å². The second-order valence-corrected chi connectivity index (χ2v) is 6.55. The second-order valence-electron chi connectivity index (χ2n) is 6.55. The summed E-state index contributed by atoms with van der Waals surface area (Å²) in [5.74, 6) is 2.28. The molecule has 154 valence electrons. The molecular formula is C26H25FO3. The normalized spacial score (nSPS) is 11.2. The van der Waals surface area contributed by atoms with E-state index in [4.69, 9.17) is 14.2 Å². The van der Waals surface area contributed by atoms with Crippen LogP contribution in [0.3, 0.4) is 0 Å². The van der Waals surface area contributed by atoms with E-state index in [0.29, 0.717) is 5.75 Å². The lowest BCUT2D eigenvalue weighted by Gasteiger charge is -2.09. The Kier molecular flexibility index (Phi) is 7.67. The van der Waals surface area contributed by atoms with Crippen molar-refractivity contribution in [2.24, 2.45) is 0 Å². The van der Waals surface area contributed by atoms with E-state index in [2.05, 4.69) is 0 Å².